The number of carbonyl (C=O) groups is 2. The first kappa shape index (κ1) is 26.2. The Balaban J connectivity index is 0.000000429. The van der Waals surface area contributed by atoms with Gasteiger partial charge in [0.2, 0.25) is 0 Å². The molecule has 1 unspecified atom stereocenters. The molecule has 0 spiro atoms. The number of alkyl halides is 3. The third kappa shape index (κ3) is 7.30. The van der Waals surface area contributed by atoms with Gasteiger partial charge in [-0.05, 0) is 56.3 Å². The maximum atomic E-state index is 13.0. The monoisotopic (exact) mass is 508 g/mol. The maximum Gasteiger partial charge on any atom is 0.490 e. The van der Waals surface area contributed by atoms with Gasteiger partial charge in [0.25, 0.3) is 5.91 Å². The second-order valence-corrected chi connectivity index (χ2v) is 8.54. The smallest absolute Gasteiger partial charge is 0.475 e. The number of hydrogen-bond donors (Lipinski definition) is 2. The minimum Gasteiger partial charge on any atom is -0.475 e. The van der Waals surface area contributed by atoms with Gasteiger partial charge in [0.05, 0.1) is 11.4 Å². The Morgan fingerprint density at radius 2 is 1.77 bits per heavy atom. The van der Waals surface area contributed by atoms with Crippen molar-refractivity contribution in [1.29, 1.82) is 0 Å². The molecule has 1 aliphatic rings. The summed E-state index contributed by atoms with van der Waals surface area (Å²) in [5, 5.41) is 15.6. The van der Waals surface area contributed by atoms with Gasteiger partial charge in [-0.3, -0.25) is 4.79 Å². The third-order valence-corrected chi connectivity index (χ3v) is 5.62. The van der Waals surface area contributed by atoms with Crippen LogP contribution in [0.25, 0.3) is 16.9 Å². The zero-order chi connectivity index (χ0) is 25.6. The van der Waals surface area contributed by atoms with Crippen LogP contribution in [-0.2, 0) is 4.79 Å². The normalized spacial score (nSPS) is 15.9. The number of carbonyl (C=O) groups excluding carboxylic acids is 1. The van der Waals surface area contributed by atoms with Gasteiger partial charge in [-0.25, -0.2) is 9.48 Å². The molecule has 35 heavy (non-hydrogen) atoms. The number of rotatable bonds is 5. The van der Waals surface area contributed by atoms with Crippen molar-refractivity contribution in [3.63, 3.8) is 0 Å². The molecule has 0 bridgehead atoms. The van der Waals surface area contributed by atoms with E-state index in [4.69, 9.17) is 26.6 Å². The van der Waals surface area contributed by atoms with Crippen molar-refractivity contribution < 1.29 is 27.9 Å². The average Bonchev–Trinajstić information content (AvgIpc) is 3.45. The molecule has 186 valence electrons. The van der Waals surface area contributed by atoms with Crippen LogP contribution in [0.15, 0.2) is 60.7 Å². The first-order chi connectivity index (χ1) is 16.5. The molecule has 0 saturated carbocycles. The van der Waals surface area contributed by atoms with Crippen molar-refractivity contribution in [3.05, 3.63) is 71.4 Å². The highest BCUT2D eigenvalue weighted by atomic mass is 35.5. The number of amides is 1. The first-order valence-electron chi connectivity index (χ1n) is 10.7. The summed E-state index contributed by atoms with van der Waals surface area (Å²) in [5.41, 5.74) is 3.05. The standard InChI is InChI=1S/C22H23ClN4O.C2HF3O2/c1-26-12-11-16(15-26)14-24-22(28)21-13-20(17-7-9-18(23)10-8-17)25-27(21)19-5-3-2-4-6-19;3-2(4,5)1(6)7/h2-10,13,16H,11-12,14-15H2,1H3,(H,24,28);(H,6,7). The van der Waals surface area contributed by atoms with Crippen molar-refractivity contribution in [2.75, 3.05) is 26.7 Å². The molecule has 0 aliphatic carbocycles. The highest BCUT2D eigenvalue weighted by molar-refractivity contribution is 6.30. The Morgan fingerprint density at radius 1 is 1.14 bits per heavy atom. The fourth-order valence-electron chi connectivity index (χ4n) is 3.59. The molecule has 1 aliphatic heterocycles. The first-order valence-corrected chi connectivity index (χ1v) is 11.1. The Labute approximate surface area is 205 Å². The molecule has 4 rings (SSSR count). The van der Waals surface area contributed by atoms with E-state index < -0.39 is 12.1 Å². The number of nitrogens with one attached hydrogen (secondary N) is 1. The lowest BCUT2D eigenvalue weighted by Crippen LogP contribution is -2.31. The van der Waals surface area contributed by atoms with E-state index >= 15 is 0 Å². The second kappa shape index (κ2) is 11.4. The van der Waals surface area contributed by atoms with Crippen LogP contribution >= 0.6 is 11.6 Å². The number of halogens is 4. The lowest BCUT2D eigenvalue weighted by molar-refractivity contribution is -0.192. The Hall–Kier alpha value is -3.37. The van der Waals surface area contributed by atoms with Crippen molar-refractivity contribution in [3.8, 4) is 16.9 Å². The predicted octanol–water partition coefficient (Wildman–Crippen LogP) is 4.51. The number of carboxylic acids is 1. The van der Waals surface area contributed by atoms with Crippen LogP contribution in [0.2, 0.25) is 5.02 Å². The van der Waals surface area contributed by atoms with Crippen molar-refractivity contribution in [1.82, 2.24) is 20.0 Å². The van der Waals surface area contributed by atoms with Crippen molar-refractivity contribution in [2.24, 2.45) is 5.92 Å². The van der Waals surface area contributed by atoms with Gasteiger partial charge in [-0.2, -0.15) is 18.3 Å². The van der Waals surface area contributed by atoms with Gasteiger partial charge in [-0.15, -0.1) is 0 Å². The molecule has 2 heterocycles. The third-order valence-electron chi connectivity index (χ3n) is 5.37. The quantitative estimate of drug-likeness (QED) is 0.529. The summed E-state index contributed by atoms with van der Waals surface area (Å²) < 4.78 is 33.4. The van der Waals surface area contributed by atoms with Crippen LogP contribution in [0.5, 0.6) is 0 Å². The van der Waals surface area contributed by atoms with Crippen LogP contribution in [0.3, 0.4) is 0 Å². The number of likely N-dealkylation sites (tertiary alicyclic amines) is 1. The van der Waals surface area contributed by atoms with E-state index in [9.17, 15) is 18.0 Å². The van der Waals surface area contributed by atoms with Gasteiger partial charge < -0.3 is 15.3 Å². The van der Waals surface area contributed by atoms with Crippen LogP contribution < -0.4 is 5.32 Å². The minimum absolute atomic E-state index is 0.105. The fraction of sp³-hybridized carbons (Fsp3) is 0.292. The fourth-order valence-corrected chi connectivity index (χ4v) is 3.72. The summed E-state index contributed by atoms with van der Waals surface area (Å²) >= 11 is 6.00. The summed E-state index contributed by atoms with van der Waals surface area (Å²) in [6.45, 7) is 2.79. The number of carboxylic acid groups (broad SMARTS) is 1. The molecule has 7 nitrogen and oxygen atoms in total. The Morgan fingerprint density at radius 3 is 2.31 bits per heavy atom. The molecule has 3 aromatic rings. The number of para-hydroxylation sites is 1. The van der Waals surface area contributed by atoms with Gasteiger partial charge in [0.15, 0.2) is 0 Å². The topological polar surface area (TPSA) is 87.5 Å². The van der Waals surface area contributed by atoms with E-state index in [2.05, 4.69) is 17.3 Å². The van der Waals surface area contributed by atoms with E-state index in [0.717, 1.165) is 36.5 Å². The van der Waals surface area contributed by atoms with Crippen LogP contribution in [-0.4, -0.2) is 64.5 Å². The van der Waals surface area contributed by atoms with Crippen LogP contribution in [0.1, 0.15) is 16.9 Å². The van der Waals surface area contributed by atoms with Crippen molar-refractivity contribution in [2.45, 2.75) is 12.6 Å². The van der Waals surface area contributed by atoms with Crippen molar-refractivity contribution >= 4 is 23.5 Å². The molecule has 1 aromatic heterocycles. The van der Waals surface area contributed by atoms with Gasteiger partial charge >= 0.3 is 12.1 Å². The zero-order valence-corrected chi connectivity index (χ0v) is 19.6. The van der Waals surface area contributed by atoms with Gasteiger partial charge in [0, 0.05) is 23.7 Å². The molecular weight excluding hydrogens is 485 g/mol. The summed E-state index contributed by atoms with van der Waals surface area (Å²) in [7, 11) is 2.12. The number of benzene rings is 2. The number of hydrogen-bond acceptors (Lipinski definition) is 4. The summed E-state index contributed by atoms with van der Waals surface area (Å²) in [4.78, 5) is 24.2. The summed E-state index contributed by atoms with van der Waals surface area (Å²) in [5.74, 6) is -2.36. The largest absolute Gasteiger partial charge is 0.490 e. The Bertz CT molecular complexity index is 1150. The SMILES string of the molecule is CN1CCC(CNC(=O)c2cc(-c3ccc(Cl)cc3)nn2-c2ccccc2)C1.O=C(O)C(F)(F)F. The minimum atomic E-state index is -5.08. The summed E-state index contributed by atoms with van der Waals surface area (Å²) in [6, 6.07) is 19.0. The average molecular weight is 509 g/mol. The molecule has 2 aromatic carbocycles. The number of aromatic nitrogens is 2. The molecule has 1 amide bonds. The molecule has 1 saturated heterocycles. The van der Waals surface area contributed by atoms with E-state index in [1.807, 2.05) is 60.7 Å². The molecular formula is C24H24ClF3N4O3. The van der Waals surface area contributed by atoms with Crippen LogP contribution in [0, 0.1) is 5.92 Å². The van der Waals surface area contributed by atoms with E-state index in [1.54, 1.807) is 4.68 Å². The molecule has 2 N–H and O–H groups in total. The van der Waals surface area contributed by atoms with Gasteiger partial charge in [0.1, 0.15) is 5.69 Å². The zero-order valence-electron chi connectivity index (χ0n) is 18.8. The van der Waals surface area contributed by atoms with Crippen LogP contribution in [0.4, 0.5) is 13.2 Å². The molecule has 0 radical (unpaired) electrons. The van der Waals surface area contributed by atoms with E-state index in [0.29, 0.717) is 23.2 Å². The second-order valence-electron chi connectivity index (χ2n) is 8.10. The predicted molar refractivity (Wildman–Crippen MR) is 126 cm³/mol. The van der Waals surface area contributed by atoms with E-state index in [-0.39, 0.29) is 5.91 Å². The lowest BCUT2D eigenvalue weighted by atomic mass is 10.1. The highest BCUT2D eigenvalue weighted by Gasteiger charge is 2.38. The maximum absolute atomic E-state index is 13.0. The number of aliphatic carboxylic acids is 1. The van der Waals surface area contributed by atoms with E-state index in [1.165, 1.54) is 0 Å². The molecule has 1 atom stereocenters. The lowest BCUT2D eigenvalue weighted by Gasteiger charge is -2.12. The number of nitrogens with zero attached hydrogens (tertiary/aromatic N) is 3. The molecule has 11 heteroatoms. The Kier molecular flexibility index (Phi) is 8.52. The molecule has 1 fully saturated rings. The summed E-state index contributed by atoms with van der Waals surface area (Å²) in [6.07, 6.45) is -3.97. The van der Waals surface area contributed by atoms with Gasteiger partial charge in [-0.1, -0.05) is 41.9 Å². The highest BCUT2D eigenvalue weighted by Crippen LogP contribution is 2.24.